The van der Waals surface area contributed by atoms with Crippen LogP contribution in [0.2, 0.25) is 5.02 Å². The van der Waals surface area contributed by atoms with Crippen LogP contribution in [0.15, 0.2) is 48.8 Å². The Morgan fingerprint density at radius 1 is 1.24 bits per heavy atom. The Morgan fingerprint density at radius 2 is 2.05 bits per heavy atom. The predicted octanol–water partition coefficient (Wildman–Crippen LogP) is 4.18. The molecule has 1 aromatic carbocycles. The number of hydrogen-bond donors (Lipinski definition) is 0. The van der Waals surface area contributed by atoms with E-state index in [1.807, 2.05) is 29.2 Å². The van der Waals surface area contributed by atoms with Gasteiger partial charge in [0.05, 0.1) is 10.6 Å². The second-order valence-electron chi connectivity index (χ2n) is 4.92. The summed E-state index contributed by atoms with van der Waals surface area (Å²) >= 11 is 6.14. The third kappa shape index (κ3) is 4.30. The van der Waals surface area contributed by atoms with Crippen LogP contribution in [-0.4, -0.2) is 22.3 Å². The summed E-state index contributed by atoms with van der Waals surface area (Å²) in [4.78, 5) is 18.6. The first kappa shape index (κ1) is 15.5. The quantitative estimate of drug-likeness (QED) is 0.802. The molecule has 0 aliphatic carbocycles. The number of rotatable bonds is 6. The number of carbonyl (C=O) groups is 1. The lowest BCUT2D eigenvalue weighted by Gasteiger charge is -2.23. The molecule has 0 saturated heterocycles. The fourth-order valence-electron chi connectivity index (χ4n) is 2.12. The van der Waals surface area contributed by atoms with Crippen LogP contribution in [0.5, 0.6) is 0 Å². The van der Waals surface area contributed by atoms with Crippen LogP contribution in [-0.2, 0) is 6.54 Å². The van der Waals surface area contributed by atoms with E-state index in [-0.39, 0.29) is 5.91 Å². The first-order valence-corrected chi connectivity index (χ1v) is 7.53. The van der Waals surface area contributed by atoms with E-state index in [1.54, 1.807) is 24.5 Å². The SMILES string of the molecule is CCCCN(Cc1cccnc1)C(=O)c1ccccc1Cl. The molecule has 1 aromatic heterocycles. The van der Waals surface area contributed by atoms with Crippen molar-refractivity contribution < 1.29 is 4.79 Å². The zero-order valence-electron chi connectivity index (χ0n) is 12.1. The van der Waals surface area contributed by atoms with Gasteiger partial charge in [0.2, 0.25) is 0 Å². The molecule has 110 valence electrons. The van der Waals surface area contributed by atoms with E-state index in [4.69, 9.17) is 11.6 Å². The number of hydrogen-bond acceptors (Lipinski definition) is 2. The van der Waals surface area contributed by atoms with Gasteiger partial charge in [0.1, 0.15) is 0 Å². The number of unbranched alkanes of at least 4 members (excludes halogenated alkanes) is 1. The summed E-state index contributed by atoms with van der Waals surface area (Å²) in [6, 6.07) is 11.0. The van der Waals surface area contributed by atoms with Crippen LogP contribution in [0.4, 0.5) is 0 Å². The van der Waals surface area contributed by atoms with Crippen molar-refractivity contribution in [1.29, 1.82) is 0 Å². The summed E-state index contributed by atoms with van der Waals surface area (Å²) in [5.41, 5.74) is 1.58. The fraction of sp³-hybridized carbons (Fsp3) is 0.294. The molecule has 0 radical (unpaired) electrons. The molecule has 0 atom stereocenters. The first-order valence-electron chi connectivity index (χ1n) is 7.15. The van der Waals surface area contributed by atoms with E-state index >= 15 is 0 Å². The molecule has 0 aliphatic heterocycles. The maximum atomic E-state index is 12.7. The average molecular weight is 303 g/mol. The van der Waals surface area contributed by atoms with Crippen molar-refractivity contribution in [2.75, 3.05) is 6.54 Å². The molecule has 21 heavy (non-hydrogen) atoms. The predicted molar refractivity (Wildman–Crippen MR) is 85.3 cm³/mol. The highest BCUT2D eigenvalue weighted by Crippen LogP contribution is 2.18. The Balaban J connectivity index is 2.19. The highest BCUT2D eigenvalue weighted by molar-refractivity contribution is 6.33. The van der Waals surface area contributed by atoms with Gasteiger partial charge in [-0.05, 0) is 30.2 Å². The monoisotopic (exact) mass is 302 g/mol. The molecule has 0 saturated carbocycles. The molecule has 0 spiro atoms. The zero-order valence-corrected chi connectivity index (χ0v) is 12.9. The third-order valence-electron chi connectivity index (χ3n) is 3.27. The standard InChI is InChI=1S/C17H19ClN2O/c1-2-3-11-20(13-14-7-6-10-19-12-14)17(21)15-8-4-5-9-16(15)18/h4-10,12H,2-3,11,13H2,1H3. The lowest BCUT2D eigenvalue weighted by Crippen LogP contribution is -2.31. The summed E-state index contributed by atoms with van der Waals surface area (Å²) in [6.45, 7) is 3.38. The van der Waals surface area contributed by atoms with E-state index < -0.39 is 0 Å². The van der Waals surface area contributed by atoms with Crippen molar-refractivity contribution in [3.8, 4) is 0 Å². The van der Waals surface area contributed by atoms with Crippen LogP contribution in [0, 0.1) is 0 Å². The second-order valence-corrected chi connectivity index (χ2v) is 5.33. The Morgan fingerprint density at radius 3 is 2.71 bits per heavy atom. The fourth-order valence-corrected chi connectivity index (χ4v) is 2.33. The van der Waals surface area contributed by atoms with Gasteiger partial charge in [0, 0.05) is 25.5 Å². The number of amides is 1. The molecular weight excluding hydrogens is 284 g/mol. The van der Waals surface area contributed by atoms with Gasteiger partial charge in [-0.3, -0.25) is 9.78 Å². The number of pyridine rings is 1. The summed E-state index contributed by atoms with van der Waals surface area (Å²) in [7, 11) is 0. The van der Waals surface area contributed by atoms with E-state index in [0.717, 1.165) is 24.9 Å². The maximum Gasteiger partial charge on any atom is 0.255 e. The number of nitrogens with zero attached hydrogens (tertiary/aromatic N) is 2. The van der Waals surface area contributed by atoms with Gasteiger partial charge in [0.25, 0.3) is 5.91 Å². The average Bonchev–Trinajstić information content (AvgIpc) is 2.52. The molecule has 0 bridgehead atoms. The number of halogens is 1. The zero-order chi connectivity index (χ0) is 15.1. The van der Waals surface area contributed by atoms with Crippen LogP contribution in [0.3, 0.4) is 0 Å². The van der Waals surface area contributed by atoms with Crippen LogP contribution < -0.4 is 0 Å². The minimum absolute atomic E-state index is 0.0297. The van der Waals surface area contributed by atoms with Gasteiger partial charge in [-0.1, -0.05) is 43.1 Å². The minimum atomic E-state index is -0.0297. The van der Waals surface area contributed by atoms with Crippen LogP contribution in [0.25, 0.3) is 0 Å². The molecular formula is C17H19ClN2O. The number of carbonyl (C=O) groups excluding carboxylic acids is 1. The lowest BCUT2D eigenvalue weighted by molar-refractivity contribution is 0.0741. The first-order chi connectivity index (χ1) is 10.2. The summed E-state index contributed by atoms with van der Waals surface area (Å²) < 4.78 is 0. The molecule has 0 N–H and O–H groups in total. The van der Waals surface area contributed by atoms with Crippen molar-refractivity contribution in [2.45, 2.75) is 26.3 Å². The Kier molecular flexibility index (Phi) is 5.76. The van der Waals surface area contributed by atoms with E-state index in [0.29, 0.717) is 17.1 Å². The van der Waals surface area contributed by atoms with Crippen molar-refractivity contribution in [3.63, 3.8) is 0 Å². The van der Waals surface area contributed by atoms with Gasteiger partial charge in [0.15, 0.2) is 0 Å². The van der Waals surface area contributed by atoms with Crippen LogP contribution in [0.1, 0.15) is 35.7 Å². The summed E-state index contributed by atoms with van der Waals surface area (Å²) in [5.74, 6) is -0.0297. The van der Waals surface area contributed by atoms with Crippen LogP contribution >= 0.6 is 11.6 Å². The molecule has 3 nitrogen and oxygen atoms in total. The Labute approximate surface area is 130 Å². The molecule has 2 rings (SSSR count). The highest BCUT2D eigenvalue weighted by atomic mass is 35.5. The van der Waals surface area contributed by atoms with Gasteiger partial charge < -0.3 is 4.90 Å². The Hall–Kier alpha value is -1.87. The van der Waals surface area contributed by atoms with Crippen molar-refractivity contribution in [1.82, 2.24) is 9.88 Å². The largest absolute Gasteiger partial charge is 0.334 e. The van der Waals surface area contributed by atoms with E-state index in [2.05, 4.69) is 11.9 Å². The number of benzene rings is 1. The summed E-state index contributed by atoms with van der Waals surface area (Å²) in [5, 5.41) is 0.496. The Bertz CT molecular complexity index is 586. The van der Waals surface area contributed by atoms with Crippen molar-refractivity contribution >= 4 is 17.5 Å². The van der Waals surface area contributed by atoms with Crippen molar-refractivity contribution in [3.05, 3.63) is 64.9 Å². The topological polar surface area (TPSA) is 33.2 Å². The van der Waals surface area contributed by atoms with Crippen molar-refractivity contribution in [2.24, 2.45) is 0 Å². The van der Waals surface area contributed by atoms with Gasteiger partial charge in [-0.2, -0.15) is 0 Å². The molecule has 2 aromatic rings. The number of aromatic nitrogens is 1. The van der Waals surface area contributed by atoms with E-state index in [9.17, 15) is 4.79 Å². The second kappa shape index (κ2) is 7.79. The normalized spacial score (nSPS) is 10.4. The highest BCUT2D eigenvalue weighted by Gasteiger charge is 2.18. The molecule has 4 heteroatoms. The smallest absolute Gasteiger partial charge is 0.255 e. The maximum absolute atomic E-state index is 12.7. The molecule has 1 amide bonds. The van der Waals surface area contributed by atoms with Gasteiger partial charge in [-0.25, -0.2) is 0 Å². The molecule has 0 aliphatic rings. The molecule has 0 fully saturated rings. The summed E-state index contributed by atoms with van der Waals surface area (Å²) in [6.07, 6.45) is 5.53. The van der Waals surface area contributed by atoms with E-state index in [1.165, 1.54) is 0 Å². The molecule has 0 unspecified atom stereocenters. The lowest BCUT2D eigenvalue weighted by atomic mass is 10.1. The third-order valence-corrected chi connectivity index (χ3v) is 3.60. The van der Waals surface area contributed by atoms with Gasteiger partial charge >= 0.3 is 0 Å². The molecule has 1 heterocycles. The minimum Gasteiger partial charge on any atom is -0.334 e. The van der Waals surface area contributed by atoms with Gasteiger partial charge in [-0.15, -0.1) is 0 Å².